The maximum atomic E-state index is 14.0. The van der Waals surface area contributed by atoms with E-state index in [1.807, 2.05) is 0 Å². The standard InChI is InChI=1S/C16H24F2N2O/c1-2-7-19-15(6-8-20-9-11-21-12-10-20)13-4-3-5-14(17)16(13)18/h3-5,15,19H,2,6-12H2,1H3. The van der Waals surface area contributed by atoms with E-state index in [2.05, 4.69) is 17.1 Å². The molecule has 1 aliphatic rings. The molecule has 1 saturated heterocycles. The lowest BCUT2D eigenvalue weighted by Gasteiger charge is -2.29. The number of hydrogen-bond donors (Lipinski definition) is 1. The second kappa shape index (κ2) is 8.41. The van der Waals surface area contributed by atoms with Crippen LogP contribution in [-0.2, 0) is 4.74 Å². The van der Waals surface area contributed by atoms with Gasteiger partial charge >= 0.3 is 0 Å². The summed E-state index contributed by atoms with van der Waals surface area (Å²) in [5, 5.41) is 3.33. The van der Waals surface area contributed by atoms with Crippen molar-refractivity contribution < 1.29 is 13.5 Å². The number of nitrogens with one attached hydrogen (secondary N) is 1. The number of halogens is 2. The Hall–Kier alpha value is -1.04. The lowest BCUT2D eigenvalue weighted by atomic mass is 10.0. The Morgan fingerprint density at radius 2 is 2.05 bits per heavy atom. The van der Waals surface area contributed by atoms with Crippen molar-refractivity contribution in [2.75, 3.05) is 39.4 Å². The third kappa shape index (κ3) is 4.73. The van der Waals surface area contributed by atoms with Gasteiger partial charge in [-0.3, -0.25) is 4.90 Å². The summed E-state index contributed by atoms with van der Waals surface area (Å²) in [6.45, 7) is 7.04. The van der Waals surface area contributed by atoms with Gasteiger partial charge in [0.2, 0.25) is 0 Å². The zero-order chi connectivity index (χ0) is 15.1. The third-order valence-corrected chi connectivity index (χ3v) is 3.84. The van der Waals surface area contributed by atoms with Crippen LogP contribution in [0.15, 0.2) is 18.2 Å². The Bertz CT molecular complexity index is 436. The predicted octanol–water partition coefficient (Wildman–Crippen LogP) is 2.73. The average molecular weight is 298 g/mol. The summed E-state index contributed by atoms with van der Waals surface area (Å²) in [7, 11) is 0. The van der Waals surface area contributed by atoms with Gasteiger partial charge in [0.05, 0.1) is 13.2 Å². The van der Waals surface area contributed by atoms with Gasteiger partial charge in [-0.15, -0.1) is 0 Å². The zero-order valence-electron chi connectivity index (χ0n) is 12.6. The maximum absolute atomic E-state index is 14.0. The molecule has 0 aliphatic carbocycles. The Labute approximate surface area is 125 Å². The second-order valence-corrected chi connectivity index (χ2v) is 5.39. The number of ether oxygens (including phenoxy) is 1. The van der Waals surface area contributed by atoms with Crippen LogP contribution < -0.4 is 5.32 Å². The van der Waals surface area contributed by atoms with Crippen LogP contribution in [0, 0.1) is 11.6 Å². The van der Waals surface area contributed by atoms with Crippen molar-refractivity contribution in [3.63, 3.8) is 0 Å². The lowest BCUT2D eigenvalue weighted by Crippen LogP contribution is -2.38. The Kier molecular flexibility index (Phi) is 6.54. The molecule has 5 heteroatoms. The number of morpholine rings is 1. The van der Waals surface area contributed by atoms with Crippen molar-refractivity contribution in [3.05, 3.63) is 35.4 Å². The molecule has 1 aromatic carbocycles. The van der Waals surface area contributed by atoms with Crippen LogP contribution in [0.5, 0.6) is 0 Å². The van der Waals surface area contributed by atoms with Crippen LogP contribution in [0.3, 0.4) is 0 Å². The van der Waals surface area contributed by atoms with Gasteiger partial charge in [-0.25, -0.2) is 8.78 Å². The first kappa shape index (κ1) is 16.3. The van der Waals surface area contributed by atoms with E-state index in [0.29, 0.717) is 5.56 Å². The highest BCUT2D eigenvalue weighted by Gasteiger charge is 2.19. The summed E-state index contributed by atoms with van der Waals surface area (Å²) < 4.78 is 32.7. The van der Waals surface area contributed by atoms with E-state index in [4.69, 9.17) is 4.74 Å². The minimum absolute atomic E-state index is 0.150. The van der Waals surface area contributed by atoms with E-state index < -0.39 is 11.6 Å². The molecule has 118 valence electrons. The summed E-state index contributed by atoms with van der Waals surface area (Å²) in [4.78, 5) is 2.31. The Morgan fingerprint density at radius 1 is 1.29 bits per heavy atom. The number of nitrogens with zero attached hydrogens (tertiary/aromatic N) is 1. The van der Waals surface area contributed by atoms with Crippen molar-refractivity contribution in [2.45, 2.75) is 25.8 Å². The summed E-state index contributed by atoms with van der Waals surface area (Å²) in [5.74, 6) is -1.50. The van der Waals surface area contributed by atoms with E-state index in [-0.39, 0.29) is 6.04 Å². The van der Waals surface area contributed by atoms with E-state index >= 15 is 0 Å². The van der Waals surface area contributed by atoms with E-state index in [1.165, 1.54) is 0 Å². The molecule has 1 aromatic rings. The van der Waals surface area contributed by atoms with E-state index in [1.54, 1.807) is 12.1 Å². The van der Waals surface area contributed by atoms with Crippen molar-refractivity contribution in [1.29, 1.82) is 0 Å². The van der Waals surface area contributed by atoms with Crippen molar-refractivity contribution in [1.82, 2.24) is 10.2 Å². The molecule has 1 atom stereocenters. The van der Waals surface area contributed by atoms with Gasteiger partial charge in [-0.2, -0.15) is 0 Å². The molecule has 0 spiro atoms. The van der Waals surface area contributed by atoms with Crippen LogP contribution >= 0.6 is 0 Å². The molecule has 1 heterocycles. The fourth-order valence-corrected chi connectivity index (χ4v) is 2.61. The first-order valence-electron chi connectivity index (χ1n) is 7.69. The minimum Gasteiger partial charge on any atom is -0.379 e. The predicted molar refractivity (Wildman–Crippen MR) is 79.3 cm³/mol. The second-order valence-electron chi connectivity index (χ2n) is 5.39. The van der Waals surface area contributed by atoms with Gasteiger partial charge in [0.1, 0.15) is 0 Å². The molecule has 1 aliphatic heterocycles. The molecule has 3 nitrogen and oxygen atoms in total. The summed E-state index contributed by atoms with van der Waals surface area (Å²) >= 11 is 0. The normalized spacial score (nSPS) is 17.9. The molecule has 0 amide bonds. The van der Waals surface area contributed by atoms with Crippen molar-refractivity contribution >= 4 is 0 Å². The third-order valence-electron chi connectivity index (χ3n) is 3.84. The molecule has 1 unspecified atom stereocenters. The first-order valence-corrected chi connectivity index (χ1v) is 7.69. The van der Waals surface area contributed by atoms with Gasteiger partial charge in [-0.05, 0) is 25.5 Å². The Morgan fingerprint density at radius 3 is 2.76 bits per heavy atom. The maximum Gasteiger partial charge on any atom is 0.163 e. The largest absolute Gasteiger partial charge is 0.379 e. The molecule has 21 heavy (non-hydrogen) atoms. The molecular weight excluding hydrogens is 274 g/mol. The quantitative estimate of drug-likeness (QED) is 0.837. The summed E-state index contributed by atoms with van der Waals surface area (Å²) in [6, 6.07) is 4.26. The molecule has 1 fully saturated rings. The molecule has 0 saturated carbocycles. The fraction of sp³-hybridized carbons (Fsp3) is 0.625. The van der Waals surface area contributed by atoms with E-state index in [0.717, 1.165) is 58.3 Å². The summed E-state index contributed by atoms with van der Waals surface area (Å²) in [6.07, 6.45) is 1.73. The zero-order valence-corrected chi connectivity index (χ0v) is 12.6. The van der Waals surface area contributed by atoms with Crippen LogP contribution in [0.2, 0.25) is 0 Å². The van der Waals surface area contributed by atoms with Crippen LogP contribution in [0.1, 0.15) is 31.4 Å². The summed E-state index contributed by atoms with van der Waals surface area (Å²) in [5.41, 5.74) is 0.428. The highest BCUT2D eigenvalue weighted by Crippen LogP contribution is 2.22. The topological polar surface area (TPSA) is 24.5 Å². The van der Waals surface area contributed by atoms with Gasteiger partial charge < -0.3 is 10.1 Å². The number of hydrogen-bond acceptors (Lipinski definition) is 3. The van der Waals surface area contributed by atoms with Crippen LogP contribution in [-0.4, -0.2) is 44.3 Å². The molecule has 0 radical (unpaired) electrons. The molecule has 0 bridgehead atoms. The smallest absolute Gasteiger partial charge is 0.163 e. The SMILES string of the molecule is CCCNC(CCN1CCOCC1)c1cccc(F)c1F. The molecular formula is C16H24F2N2O. The van der Waals surface area contributed by atoms with Crippen LogP contribution in [0.25, 0.3) is 0 Å². The molecule has 1 N–H and O–H groups in total. The van der Waals surface area contributed by atoms with Gasteiger partial charge in [0, 0.05) is 31.2 Å². The van der Waals surface area contributed by atoms with Crippen molar-refractivity contribution in [3.8, 4) is 0 Å². The number of rotatable bonds is 7. The van der Waals surface area contributed by atoms with Gasteiger partial charge in [0.15, 0.2) is 11.6 Å². The Balaban J connectivity index is 2.01. The fourth-order valence-electron chi connectivity index (χ4n) is 2.61. The van der Waals surface area contributed by atoms with Gasteiger partial charge in [0.25, 0.3) is 0 Å². The lowest BCUT2D eigenvalue weighted by molar-refractivity contribution is 0.0361. The number of benzene rings is 1. The minimum atomic E-state index is -0.776. The first-order chi connectivity index (χ1) is 10.2. The molecule has 0 aromatic heterocycles. The highest BCUT2D eigenvalue weighted by atomic mass is 19.2. The van der Waals surface area contributed by atoms with E-state index in [9.17, 15) is 8.78 Å². The monoisotopic (exact) mass is 298 g/mol. The van der Waals surface area contributed by atoms with Gasteiger partial charge in [-0.1, -0.05) is 19.1 Å². The average Bonchev–Trinajstić information content (AvgIpc) is 2.52. The van der Waals surface area contributed by atoms with Crippen LogP contribution in [0.4, 0.5) is 8.78 Å². The highest BCUT2D eigenvalue weighted by molar-refractivity contribution is 5.22. The molecule has 2 rings (SSSR count). The van der Waals surface area contributed by atoms with Crippen molar-refractivity contribution in [2.24, 2.45) is 0 Å².